The van der Waals surface area contributed by atoms with Crippen LogP contribution >= 0.6 is 11.8 Å². The molecule has 1 fully saturated rings. The molecule has 2 unspecified atom stereocenters. The first-order chi connectivity index (χ1) is 7.83. The molecule has 0 amide bonds. The van der Waals surface area contributed by atoms with Crippen LogP contribution in [-0.4, -0.2) is 35.5 Å². The molecule has 5 heteroatoms. The SMILES string of the molecule is COC1CCCC1Nc1cc(SC)ncn1. The molecule has 1 heterocycles. The van der Waals surface area contributed by atoms with E-state index in [1.54, 1.807) is 25.2 Å². The molecule has 0 spiro atoms. The zero-order valence-corrected chi connectivity index (χ0v) is 10.5. The van der Waals surface area contributed by atoms with E-state index in [4.69, 9.17) is 4.74 Å². The maximum Gasteiger partial charge on any atom is 0.130 e. The number of nitrogens with one attached hydrogen (secondary N) is 1. The molecule has 2 atom stereocenters. The summed E-state index contributed by atoms with van der Waals surface area (Å²) in [6.45, 7) is 0. The highest BCUT2D eigenvalue weighted by atomic mass is 32.2. The number of nitrogens with zero attached hydrogens (tertiary/aromatic N) is 2. The van der Waals surface area contributed by atoms with Gasteiger partial charge in [-0.15, -0.1) is 11.8 Å². The third-order valence-electron chi connectivity index (χ3n) is 2.94. The lowest BCUT2D eigenvalue weighted by molar-refractivity contribution is 0.101. The molecule has 2 rings (SSSR count). The van der Waals surface area contributed by atoms with Gasteiger partial charge in [0.1, 0.15) is 17.2 Å². The number of anilines is 1. The van der Waals surface area contributed by atoms with Gasteiger partial charge in [-0.1, -0.05) is 0 Å². The fourth-order valence-corrected chi connectivity index (χ4v) is 2.48. The van der Waals surface area contributed by atoms with E-state index >= 15 is 0 Å². The van der Waals surface area contributed by atoms with Crippen molar-refractivity contribution >= 4 is 17.6 Å². The van der Waals surface area contributed by atoms with Gasteiger partial charge in [0.2, 0.25) is 0 Å². The number of ether oxygens (including phenoxy) is 1. The molecule has 1 saturated carbocycles. The van der Waals surface area contributed by atoms with Crippen molar-refractivity contribution < 1.29 is 4.74 Å². The van der Waals surface area contributed by atoms with Gasteiger partial charge in [-0.05, 0) is 25.5 Å². The van der Waals surface area contributed by atoms with Gasteiger partial charge in [-0.25, -0.2) is 9.97 Å². The summed E-state index contributed by atoms with van der Waals surface area (Å²) >= 11 is 1.63. The topological polar surface area (TPSA) is 47.0 Å². The van der Waals surface area contributed by atoms with Crippen molar-refractivity contribution in [3.63, 3.8) is 0 Å². The molecule has 1 aromatic heterocycles. The Labute approximate surface area is 100 Å². The fraction of sp³-hybridized carbons (Fsp3) is 0.636. The van der Waals surface area contributed by atoms with Gasteiger partial charge < -0.3 is 10.1 Å². The van der Waals surface area contributed by atoms with Crippen LogP contribution in [0.25, 0.3) is 0 Å². The number of rotatable bonds is 4. The lowest BCUT2D eigenvalue weighted by Gasteiger charge is -2.20. The molecule has 0 aliphatic heterocycles. The van der Waals surface area contributed by atoms with E-state index in [1.165, 1.54) is 6.42 Å². The van der Waals surface area contributed by atoms with Gasteiger partial charge in [0.25, 0.3) is 0 Å². The molecule has 1 aliphatic carbocycles. The lowest BCUT2D eigenvalue weighted by Crippen LogP contribution is -2.30. The van der Waals surface area contributed by atoms with Crippen molar-refractivity contribution in [2.24, 2.45) is 0 Å². The zero-order chi connectivity index (χ0) is 11.4. The molecule has 1 aromatic rings. The van der Waals surface area contributed by atoms with Crippen LogP contribution in [0.1, 0.15) is 19.3 Å². The second-order valence-corrected chi connectivity index (χ2v) is 4.73. The molecule has 16 heavy (non-hydrogen) atoms. The molecule has 0 bridgehead atoms. The molecular weight excluding hydrogens is 222 g/mol. The second kappa shape index (κ2) is 5.50. The van der Waals surface area contributed by atoms with Crippen molar-refractivity contribution in [3.05, 3.63) is 12.4 Å². The average Bonchev–Trinajstić information content (AvgIpc) is 2.76. The average molecular weight is 239 g/mol. The van der Waals surface area contributed by atoms with E-state index in [1.807, 2.05) is 12.3 Å². The van der Waals surface area contributed by atoms with Gasteiger partial charge in [0, 0.05) is 13.2 Å². The number of methoxy groups -OCH3 is 1. The quantitative estimate of drug-likeness (QED) is 0.644. The monoisotopic (exact) mass is 239 g/mol. The summed E-state index contributed by atoms with van der Waals surface area (Å²) in [5.74, 6) is 0.897. The molecule has 1 aliphatic rings. The summed E-state index contributed by atoms with van der Waals surface area (Å²) in [6.07, 6.45) is 7.43. The minimum absolute atomic E-state index is 0.313. The smallest absolute Gasteiger partial charge is 0.130 e. The Balaban J connectivity index is 2.02. The van der Waals surface area contributed by atoms with E-state index < -0.39 is 0 Å². The third kappa shape index (κ3) is 2.65. The molecule has 4 nitrogen and oxygen atoms in total. The summed E-state index contributed by atoms with van der Waals surface area (Å²) in [5, 5.41) is 4.42. The van der Waals surface area contributed by atoms with Crippen LogP contribution in [0.5, 0.6) is 0 Å². The minimum Gasteiger partial charge on any atom is -0.379 e. The Hall–Kier alpha value is -0.810. The normalized spacial score (nSPS) is 24.6. The van der Waals surface area contributed by atoms with Crippen LogP contribution in [0.4, 0.5) is 5.82 Å². The van der Waals surface area contributed by atoms with Crippen molar-refractivity contribution in [2.75, 3.05) is 18.7 Å². The first-order valence-corrected chi connectivity index (χ1v) is 6.71. The second-order valence-electron chi connectivity index (χ2n) is 3.90. The summed E-state index contributed by atoms with van der Waals surface area (Å²) in [6, 6.07) is 2.37. The van der Waals surface area contributed by atoms with Crippen molar-refractivity contribution in [3.8, 4) is 0 Å². The van der Waals surface area contributed by atoms with Crippen LogP contribution in [0.3, 0.4) is 0 Å². The maximum absolute atomic E-state index is 5.44. The van der Waals surface area contributed by atoms with E-state index in [2.05, 4.69) is 15.3 Å². The fourth-order valence-electron chi connectivity index (χ4n) is 2.09. The zero-order valence-electron chi connectivity index (χ0n) is 9.64. The highest BCUT2D eigenvalue weighted by molar-refractivity contribution is 7.98. The van der Waals surface area contributed by atoms with Crippen molar-refractivity contribution in [1.82, 2.24) is 9.97 Å². The molecule has 0 saturated heterocycles. The Kier molecular flexibility index (Phi) is 4.01. The molecule has 0 aromatic carbocycles. The largest absolute Gasteiger partial charge is 0.379 e. The number of hydrogen-bond donors (Lipinski definition) is 1. The number of hydrogen-bond acceptors (Lipinski definition) is 5. The highest BCUT2D eigenvalue weighted by Crippen LogP contribution is 2.25. The van der Waals surface area contributed by atoms with Crippen molar-refractivity contribution in [2.45, 2.75) is 36.4 Å². The standard InChI is InChI=1S/C11H17N3OS/c1-15-9-5-3-4-8(9)14-10-6-11(16-2)13-7-12-10/h6-9H,3-5H2,1-2H3,(H,12,13,14). The van der Waals surface area contributed by atoms with Crippen LogP contribution in [-0.2, 0) is 4.74 Å². The Morgan fingerprint density at radius 1 is 1.44 bits per heavy atom. The van der Waals surface area contributed by atoms with Gasteiger partial charge in [0.05, 0.1) is 12.1 Å². The van der Waals surface area contributed by atoms with E-state index in [0.29, 0.717) is 12.1 Å². The van der Waals surface area contributed by atoms with Gasteiger partial charge in [0.15, 0.2) is 0 Å². The van der Waals surface area contributed by atoms with Crippen LogP contribution in [0.15, 0.2) is 17.4 Å². The predicted molar refractivity (Wildman–Crippen MR) is 65.9 cm³/mol. The minimum atomic E-state index is 0.313. The Morgan fingerprint density at radius 3 is 3.06 bits per heavy atom. The Bertz CT molecular complexity index is 348. The Morgan fingerprint density at radius 2 is 2.31 bits per heavy atom. The number of aromatic nitrogens is 2. The lowest BCUT2D eigenvalue weighted by atomic mass is 10.2. The number of thioether (sulfide) groups is 1. The molecular formula is C11H17N3OS. The molecule has 1 N–H and O–H groups in total. The van der Waals surface area contributed by atoms with Crippen molar-refractivity contribution in [1.29, 1.82) is 0 Å². The van der Waals surface area contributed by atoms with E-state index in [0.717, 1.165) is 23.7 Å². The first-order valence-electron chi connectivity index (χ1n) is 5.49. The van der Waals surface area contributed by atoms with E-state index in [9.17, 15) is 0 Å². The third-order valence-corrected chi connectivity index (χ3v) is 3.58. The van der Waals surface area contributed by atoms with E-state index in [-0.39, 0.29) is 0 Å². The summed E-state index contributed by atoms with van der Waals surface area (Å²) in [5.41, 5.74) is 0. The van der Waals surface area contributed by atoms with Crippen LogP contribution < -0.4 is 5.32 Å². The van der Waals surface area contributed by atoms with Gasteiger partial charge >= 0.3 is 0 Å². The summed E-state index contributed by atoms with van der Waals surface area (Å²) in [4.78, 5) is 8.38. The summed E-state index contributed by atoms with van der Waals surface area (Å²) < 4.78 is 5.44. The predicted octanol–water partition coefficient (Wildman–Crippen LogP) is 2.18. The van der Waals surface area contributed by atoms with Gasteiger partial charge in [-0.2, -0.15) is 0 Å². The van der Waals surface area contributed by atoms with Crippen LogP contribution in [0, 0.1) is 0 Å². The molecule has 0 radical (unpaired) electrons. The maximum atomic E-state index is 5.44. The highest BCUT2D eigenvalue weighted by Gasteiger charge is 2.27. The molecule has 88 valence electrons. The van der Waals surface area contributed by atoms with Gasteiger partial charge in [-0.3, -0.25) is 0 Å². The first kappa shape index (κ1) is 11.7. The van der Waals surface area contributed by atoms with Crippen LogP contribution in [0.2, 0.25) is 0 Å². The summed E-state index contributed by atoms with van der Waals surface area (Å²) in [7, 11) is 1.78.